The lowest BCUT2D eigenvalue weighted by atomic mass is 10.0. The normalized spacial score (nSPS) is 10.1. The van der Waals surface area contributed by atoms with Crippen LogP contribution < -0.4 is 4.74 Å². The lowest BCUT2D eigenvalue weighted by Crippen LogP contribution is -2.04. The minimum Gasteiger partial charge on any atom is -0.512 e. The minimum atomic E-state index is 0.136. The third-order valence-electron chi connectivity index (χ3n) is 5.32. The van der Waals surface area contributed by atoms with Gasteiger partial charge in [-0.3, -0.25) is 4.79 Å². The first-order valence-corrected chi connectivity index (χ1v) is 15.2. The molecular formula is C38H55ClO3. The number of hydrogen-bond donors (Lipinski definition) is 1. The number of benzene rings is 3. The third kappa shape index (κ3) is 21.4. The number of aryl methyl sites for hydroxylation is 3. The van der Waals surface area contributed by atoms with E-state index >= 15 is 0 Å². The summed E-state index contributed by atoms with van der Waals surface area (Å²) in [6.45, 7) is 26.1. The number of Topliss-reactive ketones (excluding diaryl/α,β-unsaturated/α-hetero) is 1. The van der Waals surface area contributed by atoms with Gasteiger partial charge in [-0.05, 0) is 93.5 Å². The van der Waals surface area contributed by atoms with E-state index in [1.54, 1.807) is 13.8 Å². The predicted molar refractivity (Wildman–Crippen MR) is 185 cm³/mol. The van der Waals surface area contributed by atoms with Crippen molar-refractivity contribution in [3.63, 3.8) is 0 Å². The maximum absolute atomic E-state index is 11.0. The van der Waals surface area contributed by atoms with E-state index in [1.165, 1.54) is 16.7 Å². The number of hydrogen-bond acceptors (Lipinski definition) is 3. The first-order chi connectivity index (χ1) is 19.8. The SMILES string of the molecule is C=C(C)/C(COc1ccc(CC(C)=O)cc1)=C(/C)O.CC.CC(C)C.CCc1ccc(C)cc1C.Clc1ccccc1. The zero-order valence-corrected chi connectivity index (χ0v) is 28.7. The lowest BCUT2D eigenvalue weighted by Gasteiger charge is -2.11. The van der Waals surface area contributed by atoms with Gasteiger partial charge >= 0.3 is 0 Å². The van der Waals surface area contributed by atoms with Crippen LogP contribution in [0.2, 0.25) is 5.02 Å². The summed E-state index contributed by atoms with van der Waals surface area (Å²) >= 11 is 5.54. The standard InChI is InChI=1S/C16H20O3.C10H14.C6H5Cl.C4H10.C2H6/c1-11(2)16(13(4)18)10-19-15-7-5-14(6-8-15)9-12(3)17;1-4-10-6-5-8(2)7-9(10)3;7-6-4-2-1-3-5-6;1-4(2)3;1-2/h5-8,18H,1,9-10H2,2-4H3;5-7H,4H2,1-3H3;1-5H;4H,1-3H3;1-2H3/b16-13-;;;;. The fourth-order valence-electron chi connectivity index (χ4n) is 3.34. The summed E-state index contributed by atoms with van der Waals surface area (Å²) < 4.78 is 5.59. The fraction of sp³-hybridized carbons (Fsp3) is 0.395. The van der Waals surface area contributed by atoms with E-state index in [0.29, 0.717) is 17.7 Å². The maximum Gasteiger partial charge on any atom is 0.134 e. The van der Waals surface area contributed by atoms with Gasteiger partial charge in [0, 0.05) is 17.0 Å². The third-order valence-corrected chi connectivity index (χ3v) is 5.58. The number of carbonyl (C=O) groups excluding carboxylic acids is 1. The number of rotatable bonds is 7. The highest BCUT2D eigenvalue weighted by Gasteiger charge is 2.05. The molecule has 0 fully saturated rings. The minimum absolute atomic E-state index is 0.136. The number of aliphatic hydroxyl groups excluding tert-OH is 1. The summed E-state index contributed by atoms with van der Waals surface area (Å²) in [5, 5.41) is 10.3. The van der Waals surface area contributed by atoms with Crippen molar-refractivity contribution in [3.05, 3.63) is 124 Å². The second-order valence-corrected chi connectivity index (χ2v) is 10.9. The van der Waals surface area contributed by atoms with Crippen LogP contribution in [-0.4, -0.2) is 17.5 Å². The van der Waals surface area contributed by atoms with Crippen LogP contribution in [0.5, 0.6) is 5.75 Å². The van der Waals surface area contributed by atoms with Crippen molar-refractivity contribution in [2.45, 2.75) is 89.0 Å². The highest BCUT2D eigenvalue weighted by atomic mass is 35.5. The fourth-order valence-corrected chi connectivity index (χ4v) is 3.49. The molecule has 0 unspecified atom stereocenters. The Morgan fingerprint density at radius 3 is 1.79 bits per heavy atom. The van der Waals surface area contributed by atoms with Gasteiger partial charge in [-0.1, -0.05) is 114 Å². The Morgan fingerprint density at radius 2 is 1.43 bits per heavy atom. The number of ketones is 1. The van der Waals surface area contributed by atoms with Gasteiger partial charge in [-0.25, -0.2) is 0 Å². The van der Waals surface area contributed by atoms with E-state index in [9.17, 15) is 9.90 Å². The van der Waals surface area contributed by atoms with Crippen LogP contribution in [0.1, 0.15) is 84.6 Å². The van der Waals surface area contributed by atoms with E-state index in [2.05, 4.69) is 66.3 Å². The van der Waals surface area contributed by atoms with Gasteiger partial charge in [0.05, 0.1) is 5.76 Å². The predicted octanol–water partition coefficient (Wildman–Crippen LogP) is 11.5. The summed E-state index contributed by atoms with van der Waals surface area (Å²) in [5.41, 5.74) is 6.69. The summed E-state index contributed by atoms with van der Waals surface area (Å²) in [6.07, 6.45) is 1.58. The first kappa shape index (κ1) is 40.8. The van der Waals surface area contributed by atoms with Crippen LogP contribution in [0, 0.1) is 19.8 Å². The monoisotopic (exact) mass is 594 g/mol. The quantitative estimate of drug-likeness (QED) is 0.218. The van der Waals surface area contributed by atoms with E-state index in [1.807, 2.05) is 75.4 Å². The van der Waals surface area contributed by atoms with Gasteiger partial charge in [-0.2, -0.15) is 0 Å². The topological polar surface area (TPSA) is 46.5 Å². The molecule has 0 aromatic heterocycles. The molecule has 0 bridgehead atoms. The Bertz CT molecular complexity index is 1170. The zero-order valence-electron chi connectivity index (χ0n) is 28.0. The molecule has 0 atom stereocenters. The number of ether oxygens (including phenoxy) is 1. The van der Waals surface area contributed by atoms with Crippen LogP contribution in [0.4, 0.5) is 0 Å². The van der Waals surface area contributed by atoms with E-state index < -0.39 is 0 Å². The zero-order chi connectivity index (χ0) is 32.7. The molecule has 0 heterocycles. The number of carbonyl (C=O) groups is 1. The summed E-state index contributed by atoms with van der Waals surface area (Å²) in [7, 11) is 0. The highest BCUT2D eigenvalue weighted by Crippen LogP contribution is 2.17. The van der Waals surface area contributed by atoms with Crippen molar-refractivity contribution in [1.29, 1.82) is 0 Å². The lowest BCUT2D eigenvalue weighted by molar-refractivity contribution is -0.116. The van der Waals surface area contributed by atoms with E-state index in [0.717, 1.165) is 28.5 Å². The van der Waals surface area contributed by atoms with Crippen LogP contribution in [0.25, 0.3) is 0 Å². The van der Waals surface area contributed by atoms with Crippen molar-refractivity contribution in [2.24, 2.45) is 5.92 Å². The molecule has 0 aliphatic heterocycles. The Hall–Kier alpha value is -3.30. The van der Waals surface area contributed by atoms with Crippen molar-refractivity contribution in [2.75, 3.05) is 6.61 Å². The molecule has 0 spiro atoms. The van der Waals surface area contributed by atoms with Gasteiger partial charge in [-0.15, -0.1) is 0 Å². The molecule has 0 saturated heterocycles. The van der Waals surface area contributed by atoms with Crippen molar-refractivity contribution < 1.29 is 14.6 Å². The second-order valence-electron chi connectivity index (χ2n) is 10.5. The molecule has 4 heteroatoms. The second kappa shape index (κ2) is 24.3. The molecule has 3 aromatic carbocycles. The average molecular weight is 595 g/mol. The molecule has 0 radical (unpaired) electrons. The van der Waals surface area contributed by atoms with Crippen LogP contribution in [0.15, 0.2) is 96.3 Å². The molecule has 0 aliphatic rings. The molecule has 3 nitrogen and oxygen atoms in total. The highest BCUT2D eigenvalue weighted by molar-refractivity contribution is 6.30. The molecule has 232 valence electrons. The Labute approximate surface area is 262 Å². The number of allylic oxidation sites excluding steroid dienone is 1. The van der Waals surface area contributed by atoms with Crippen molar-refractivity contribution in [3.8, 4) is 5.75 Å². The van der Waals surface area contributed by atoms with Crippen LogP contribution in [-0.2, 0) is 17.6 Å². The molecule has 3 aromatic rings. The molecule has 3 rings (SSSR count). The van der Waals surface area contributed by atoms with Crippen LogP contribution >= 0.6 is 11.6 Å². The van der Waals surface area contributed by atoms with Crippen molar-refractivity contribution >= 4 is 17.4 Å². The Morgan fingerprint density at radius 1 is 0.905 bits per heavy atom. The first-order valence-electron chi connectivity index (χ1n) is 14.8. The molecular weight excluding hydrogens is 540 g/mol. The molecule has 0 amide bonds. The Balaban J connectivity index is 0. The Kier molecular flexibility index (Phi) is 23.6. The summed E-state index contributed by atoms with van der Waals surface area (Å²) in [5.74, 6) is 1.89. The molecule has 42 heavy (non-hydrogen) atoms. The number of halogens is 1. The van der Waals surface area contributed by atoms with Gasteiger partial charge < -0.3 is 9.84 Å². The smallest absolute Gasteiger partial charge is 0.134 e. The van der Waals surface area contributed by atoms with Gasteiger partial charge in [0.1, 0.15) is 18.1 Å². The maximum atomic E-state index is 11.0. The summed E-state index contributed by atoms with van der Waals surface area (Å²) in [6, 6.07) is 23.4. The van der Waals surface area contributed by atoms with Gasteiger partial charge in [0.15, 0.2) is 0 Å². The summed E-state index contributed by atoms with van der Waals surface area (Å²) in [4.78, 5) is 11.0. The largest absolute Gasteiger partial charge is 0.512 e. The van der Waals surface area contributed by atoms with Crippen LogP contribution in [0.3, 0.4) is 0 Å². The number of aliphatic hydroxyl groups is 1. The van der Waals surface area contributed by atoms with Gasteiger partial charge in [0.25, 0.3) is 0 Å². The van der Waals surface area contributed by atoms with Gasteiger partial charge in [0.2, 0.25) is 0 Å². The van der Waals surface area contributed by atoms with E-state index in [-0.39, 0.29) is 18.1 Å². The molecule has 0 aliphatic carbocycles. The molecule has 0 saturated carbocycles. The van der Waals surface area contributed by atoms with Crippen molar-refractivity contribution in [1.82, 2.24) is 0 Å². The van der Waals surface area contributed by atoms with E-state index in [4.69, 9.17) is 16.3 Å². The molecule has 1 N–H and O–H groups in total. The average Bonchev–Trinajstić information content (AvgIpc) is 2.91.